The summed E-state index contributed by atoms with van der Waals surface area (Å²) in [4.78, 5) is 12.4. The van der Waals surface area contributed by atoms with Crippen LogP contribution in [-0.4, -0.2) is 40.0 Å². The van der Waals surface area contributed by atoms with Crippen LogP contribution in [-0.2, 0) is 0 Å². The van der Waals surface area contributed by atoms with Crippen LogP contribution < -0.4 is 0 Å². The molecule has 1 aromatic heterocycles. The molecule has 5 heteroatoms. The number of aromatic nitrogens is 3. The highest BCUT2D eigenvalue weighted by Crippen LogP contribution is 1.85. The molecule has 5 nitrogen and oxygen atoms in total. The number of hydrogen-bond donors (Lipinski definition) is 0. The molecule has 0 N–H and O–H groups in total. The van der Waals surface area contributed by atoms with Crippen LogP contribution in [0.1, 0.15) is 0 Å². The molecule has 0 bridgehead atoms. The average Bonchev–Trinajstić information content (AvgIpc) is 2.36. The summed E-state index contributed by atoms with van der Waals surface area (Å²) in [6, 6.07) is -0.197. The zero-order chi connectivity index (χ0) is 7.56. The molecule has 0 saturated carbocycles. The van der Waals surface area contributed by atoms with Gasteiger partial charge in [0.25, 0.3) is 0 Å². The summed E-state index contributed by atoms with van der Waals surface area (Å²) in [7, 11) is 3.31. The van der Waals surface area contributed by atoms with Crippen LogP contribution in [0.15, 0.2) is 12.4 Å². The largest absolute Gasteiger partial charge is 0.345 e. The third-order valence-corrected chi connectivity index (χ3v) is 1.00. The van der Waals surface area contributed by atoms with Crippen molar-refractivity contribution < 1.29 is 4.79 Å². The van der Waals surface area contributed by atoms with Crippen molar-refractivity contribution in [3.63, 3.8) is 0 Å². The van der Waals surface area contributed by atoms with E-state index in [0.29, 0.717) is 0 Å². The van der Waals surface area contributed by atoms with Crippen LogP contribution in [0, 0.1) is 0 Å². The van der Waals surface area contributed by atoms with Crippen molar-refractivity contribution >= 4 is 6.03 Å². The molecule has 0 aliphatic carbocycles. The standard InChI is InChI=1S/C5H8N4O/c1-8(2)5(10)9-4-3-6-7-9/h3-4H,1-2H3. The molecule has 10 heavy (non-hydrogen) atoms. The fourth-order valence-corrected chi connectivity index (χ4v) is 0.515. The minimum absolute atomic E-state index is 0.197. The van der Waals surface area contributed by atoms with Gasteiger partial charge in [0.2, 0.25) is 0 Å². The predicted octanol–water partition coefficient (Wildman–Crippen LogP) is -0.192. The summed E-state index contributed by atoms with van der Waals surface area (Å²) in [5.41, 5.74) is 0. The summed E-state index contributed by atoms with van der Waals surface area (Å²) in [6.07, 6.45) is 2.96. The monoisotopic (exact) mass is 140 g/mol. The van der Waals surface area contributed by atoms with Crippen molar-refractivity contribution in [3.05, 3.63) is 12.4 Å². The Morgan fingerprint density at radius 2 is 2.30 bits per heavy atom. The lowest BCUT2D eigenvalue weighted by Gasteiger charge is -2.07. The first kappa shape index (κ1) is 6.73. The van der Waals surface area contributed by atoms with E-state index in [1.165, 1.54) is 22.0 Å². The molecule has 1 rings (SSSR count). The molecule has 0 aromatic carbocycles. The van der Waals surface area contributed by atoms with Gasteiger partial charge in [-0.1, -0.05) is 5.21 Å². The number of carbonyl (C=O) groups is 1. The van der Waals surface area contributed by atoms with Gasteiger partial charge in [-0.25, -0.2) is 4.79 Å². The lowest BCUT2D eigenvalue weighted by Crippen LogP contribution is -2.27. The Hall–Kier alpha value is -1.39. The zero-order valence-corrected chi connectivity index (χ0v) is 5.85. The minimum atomic E-state index is -0.197. The molecule has 0 atom stereocenters. The average molecular weight is 140 g/mol. The smallest absolute Gasteiger partial charge is 0.329 e. The number of nitrogens with zero attached hydrogens (tertiary/aromatic N) is 4. The van der Waals surface area contributed by atoms with Gasteiger partial charge in [0.15, 0.2) is 0 Å². The highest BCUT2D eigenvalue weighted by Gasteiger charge is 2.05. The van der Waals surface area contributed by atoms with E-state index in [1.807, 2.05) is 0 Å². The number of carbonyl (C=O) groups excluding carboxylic acids is 1. The predicted molar refractivity (Wildman–Crippen MR) is 34.5 cm³/mol. The van der Waals surface area contributed by atoms with Gasteiger partial charge in [0.1, 0.15) is 0 Å². The molecular formula is C5H8N4O. The first-order valence-electron chi connectivity index (χ1n) is 2.80. The molecule has 0 aliphatic heterocycles. The topological polar surface area (TPSA) is 51.0 Å². The molecule has 54 valence electrons. The van der Waals surface area contributed by atoms with Crippen molar-refractivity contribution in [2.45, 2.75) is 0 Å². The second-order valence-corrected chi connectivity index (χ2v) is 2.02. The normalized spacial score (nSPS) is 9.40. The number of amides is 1. The van der Waals surface area contributed by atoms with Crippen LogP contribution in [0.5, 0.6) is 0 Å². The Morgan fingerprint density at radius 3 is 2.70 bits per heavy atom. The van der Waals surface area contributed by atoms with Crippen LogP contribution in [0.2, 0.25) is 0 Å². The third-order valence-electron chi connectivity index (χ3n) is 1.00. The summed E-state index contributed by atoms with van der Waals surface area (Å²) in [5, 5.41) is 7.00. The fraction of sp³-hybridized carbons (Fsp3) is 0.400. The quantitative estimate of drug-likeness (QED) is 0.501. The minimum Gasteiger partial charge on any atom is -0.329 e. The molecule has 1 heterocycles. The number of hydrogen-bond acceptors (Lipinski definition) is 3. The second kappa shape index (κ2) is 2.47. The molecule has 0 aliphatic rings. The maximum Gasteiger partial charge on any atom is 0.345 e. The lowest BCUT2D eigenvalue weighted by molar-refractivity contribution is 0.215. The first-order chi connectivity index (χ1) is 4.72. The molecule has 1 amide bonds. The Morgan fingerprint density at radius 1 is 1.60 bits per heavy atom. The van der Waals surface area contributed by atoms with E-state index in [2.05, 4.69) is 10.3 Å². The van der Waals surface area contributed by atoms with E-state index in [-0.39, 0.29) is 6.03 Å². The summed E-state index contributed by atoms with van der Waals surface area (Å²) >= 11 is 0. The SMILES string of the molecule is CN(C)C(=O)n1ccnn1. The number of rotatable bonds is 0. The van der Waals surface area contributed by atoms with Gasteiger partial charge >= 0.3 is 6.03 Å². The van der Waals surface area contributed by atoms with E-state index >= 15 is 0 Å². The molecule has 0 saturated heterocycles. The second-order valence-electron chi connectivity index (χ2n) is 2.02. The van der Waals surface area contributed by atoms with Gasteiger partial charge < -0.3 is 4.90 Å². The third kappa shape index (κ3) is 1.12. The van der Waals surface area contributed by atoms with Crippen LogP contribution >= 0.6 is 0 Å². The van der Waals surface area contributed by atoms with Gasteiger partial charge in [0, 0.05) is 14.1 Å². The molecular weight excluding hydrogens is 132 g/mol. The van der Waals surface area contributed by atoms with Gasteiger partial charge in [-0.2, -0.15) is 4.68 Å². The highest BCUT2D eigenvalue weighted by atomic mass is 16.2. The Kier molecular flexibility index (Phi) is 1.66. The van der Waals surface area contributed by atoms with Gasteiger partial charge in [0.05, 0.1) is 12.4 Å². The lowest BCUT2D eigenvalue weighted by atomic mass is 10.8. The molecule has 1 aromatic rings. The van der Waals surface area contributed by atoms with E-state index < -0.39 is 0 Å². The van der Waals surface area contributed by atoms with Crippen molar-refractivity contribution in [1.29, 1.82) is 0 Å². The van der Waals surface area contributed by atoms with E-state index in [9.17, 15) is 4.79 Å². The van der Waals surface area contributed by atoms with Crippen molar-refractivity contribution in [2.75, 3.05) is 14.1 Å². The van der Waals surface area contributed by atoms with Crippen LogP contribution in [0.3, 0.4) is 0 Å². The van der Waals surface area contributed by atoms with Crippen LogP contribution in [0.4, 0.5) is 4.79 Å². The van der Waals surface area contributed by atoms with Gasteiger partial charge in [-0.05, 0) is 0 Å². The maximum absolute atomic E-state index is 11.0. The molecule has 0 spiro atoms. The zero-order valence-electron chi connectivity index (χ0n) is 5.85. The summed E-state index contributed by atoms with van der Waals surface area (Å²) in [5.74, 6) is 0. The molecule has 0 unspecified atom stereocenters. The Labute approximate surface area is 58.2 Å². The van der Waals surface area contributed by atoms with E-state index in [1.54, 1.807) is 14.1 Å². The maximum atomic E-state index is 11.0. The summed E-state index contributed by atoms with van der Waals surface area (Å²) in [6.45, 7) is 0. The summed E-state index contributed by atoms with van der Waals surface area (Å²) < 4.78 is 1.17. The van der Waals surface area contributed by atoms with Gasteiger partial charge in [-0.3, -0.25) is 0 Å². The van der Waals surface area contributed by atoms with E-state index in [4.69, 9.17) is 0 Å². The first-order valence-corrected chi connectivity index (χ1v) is 2.80. The molecule has 0 radical (unpaired) electrons. The highest BCUT2D eigenvalue weighted by molar-refractivity contribution is 5.74. The van der Waals surface area contributed by atoms with Crippen molar-refractivity contribution in [3.8, 4) is 0 Å². The van der Waals surface area contributed by atoms with Crippen molar-refractivity contribution in [2.24, 2.45) is 0 Å². The fourth-order valence-electron chi connectivity index (χ4n) is 0.515. The van der Waals surface area contributed by atoms with E-state index in [0.717, 1.165) is 0 Å². The Balaban J connectivity index is 2.78. The Bertz CT molecular complexity index is 216. The van der Waals surface area contributed by atoms with Crippen LogP contribution in [0.25, 0.3) is 0 Å². The van der Waals surface area contributed by atoms with Gasteiger partial charge in [-0.15, -0.1) is 5.10 Å². The molecule has 0 fully saturated rings. The van der Waals surface area contributed by atoms with Crippen molar-refractivity contribution in [1.82, 2.24) is 19.9 Å².